The Morgan fingerprint density at radius 3 is 2.44 bits per heavy atom. The number of pyridine rings is 1. The summed E-state index contributed by atoms with van der Waals surface area (Å²) in [4.78, 5) is 19.2. The van der Waals surface area contributed by atoms with Crippen LogP contribution in [0.25, 0.3) is 16.7 Å². The Bertz CT molecular complexity index is 1260. The van der Waals surface area contributed by atoms with Crippen LogP contribution in [-0.2, 0) is 9.47 Å². The molecule has 1 amide bonds. The van der Waals surface area contributed by atoms with Crippen LogP contribution >= 0.6 is 23.2 Å². The Kier molecular flexibility index (Phi) is 5.56. The van der Waals surface area contributed by atoms with Gasteiger partial charge in [-0.1, -0.05) is 77.8 Å². The quantitative estimate of drug-likeness (QED) is 0.408. The van der Waals surface area contributed by atoms with Crippen molar-refractivity contribution in [3.05, 3.63) is 93.7 Å². The zero-order chi connectivity index (χ0) is 23.2. The first-order valence-corrected chi connectivity index (χ1v) is 12.1. The molecule has 0 spiro atoms. The average Bonchev–Trinajstić information content (AvgIpc) is 3.17. The lowest BCUT2D eigenvalue weighted by atomic mass is 9.90. The topological polar surface area (TPSA) is 51.7 Å². The van der Waals surface area contributed by atoms with Gasteiger partial charge in [0.05, 0.1) is 30.3 Å². The van der Waals surface area contributed by atoms with E-state index >= 15 is 0 Å². The molecule has 2 unspecified atom stereocenters. The SMILES string of the molecule is O=C(OCC1c2ccccc2-c2ccccc21)N1C2C=C(c3cc(Cl)ncc3Cl)CC1COC2. The normalized spacial score (nSPS) is 21.0. The highest BCUT2D eigenvalue weighted by Gasteiger charge is 2.40. The average molecular weight is 493 g/mol. The Balaban J connectivity index is 1.23. The van der Waals surface area contributed by atoms with Crippen molar-refractivity contribution in [1.29, 1.82) is 0 Å². The van der Waals surface area contributed by atoms with Crippen LogP contribution in [0.15, 0.2) is 66.9 Å². The van der Waals surface area contributed by atoms with E-state index in [-0.39, 0.29) is 24.1 Å². The smallest absolute Gasteiger partial charge is 0.410 e. The number of fused-ring (bicyclic) bond motifs is 5. The van der Waals surface area contributed by atoms with Crippen LogP contribution in [0, 0.1) is 0 Å². The number of benzene rings is 2. The summed E-state index contributed by atoms with van der Waals surface area (Å²) in [6.07, 6.45) is 3.90. The lowest BCUT2D eigenvalue weighted by molar-refractivity contribution is -0.0331. The van der Waals surface area contributed by atoms with Gasteiger partial charge in [0, 0.05) is 17.7 Å². The van der Waals surface area contributed by atoms with E-state index in [1.807, 2.05) is 35.2 Å². The standard InChI is InChI=1S/C27H22Cl2N2O3/c28-25-12-30-26(29)11-23(25)16-9-17-13-33-14-18(10-16)31(17)27(32)34-15-24-21-7-3-1-5-19(21)20-6-2-4-8-22(20)24/h1-9,11-12,17-18,24H,10,13-15H2. The number of morpholine rings is 1. The number of amides is 1. The first kappa shape index (κ1) is 21.7. The third-order valence-corrected chi connectivity index (χ3v) is 7.42. The monoisotopic (exact) mass is 492 g/mol. The Morgan fingerprint density at radius 2 is 1.74 bits per heavy atom. The fraction of sp³-hybridized carbons (Fsp3) is 0.259. The second kappa shape index (κ2) is 8.73. The van der Waals surface area contributed by atoms with E-state index in [1.165, 1.54) is 22.3 Å². The van der Waals surface area contributed by atoms with Crippen molar-refractivity contribution in [3.63, 3.8) is 0 Å². The zero-order valence-corrected chi connectivity index (χ0v) is 19.8. The maximum atomic E-state index is 13.3. The number of halogens is 2. The van der Waals surface area contributed by atoms with Crippen molar-refractivity contribution >= 4 is 34.9 Å². The van der Waals surface area contributed by atoms with Crippen molar-refractivity contribution in [2.45, 2.75) is 24.4 Å². The summed E-state index contributed by atoms with van der Waals surface area (Å²) in [7, 11) is 0. The van der Waals surface area contributed by atoms with Crippen molar-refractivity contribution in [3.8, 4) is 11.1 Å². The minimum absolute atomic E-state index is 0.0288. The fourth-order valence-corrected chi connectivity index (χ4v) is 5.79. The van der Waals surface area contributed by atoms with Crippen LogP contribution in [0.4, 0.5) is 4.79 Å². The van der Waals surface area contributed by atoms with Gasteiger partial charge in [-0.3, -0.25) is 4.90 Å². The van der Waals surface area contributed by atoms with Gasteiger partial charge in [-0.15, -0.1) is 0 Å². The highest BCUT2D eigenvalue weighted by atomic mass is 35.5. The third kappa shape index (κ3) is 3.68. The minimum Gasteiger partial charge on any atom is -0.448 e. The molecule has 1 fully saturated rings. The highest BCUT2D eigenvalue weighted by Crippen LogP contribution is 2.45. The fourth-order valence-electron chi connectivity index (χ4n) is 5.41. The number of rotatable bonds is 3. The number of carbonyl (C=O) groups excluding carboxylic acids is 1. The predicted octanol–water partition coefficient (Wildman–Crippen LogP) is 6.19. The lowest BCUT2D eigenvalue weighted by Crippen LogP contribution is -2.56. The number of hydrogen-bond donors (Lipinski definition) is 0. The molecule has 1 aromatic heterocycles. The highest BCUT2D eigenvalue weighted by molar-refractivity contribution is 6.33. The van der Waals surface area contributed by atoms with E-state index in [4.69, 9.17) is 32.7 Å². The van der Waals surface area contributed by atoms with E-state index in [1.54, 1.807) is 12.3 Å². The molecule has 7 heteroatoms. The van der Waals surface area contributed by atoms with Gasteiger partial charge in [0.25, 0.3) is 0 Å². The van der Waals surface area contributed by atoms with Crippen LogP contribution < -0.4 is 0 Å². The molecule has 34 heavy (non-hydrogen) atoms. The van der Waals surface area contributed by atoms with E-state index in [0.717, 1.165) is 11.1 Å². The van der Waals surface area contributed by atoms with E-state index < -0.39 is 0 Å². The molecule has 0 N–H and O–H groups in total. The van der Waals surface area contributed by atoms with Gasteiger partial charge in [-0.25, -0.2) is 9.78 Å². The first-order chi connectivity index (χ1) is 16.6. The molecule has 0 radical (unpaired) electrons. The molecule has 6 rings (SSSR count). The molecule has 3 aromatic rings. The number of carbonyl (C=O) groups is 1. The number of hydrogen-bond acceptors (Lipinski definition) is 4. The summed E-state index contributed by atoms with van der Waals surface area (Å²) in [5, 5.41) is 0.935. The van der Waals surface area contributed by atoms with Gasteiger partial charge in [0.1, 0.15) is 11.8 Å². The van der Waals surface area contributed by atoms with E-state index in [2.05, 4.69) is 29.2 Å². The van der Waals surface area contributed by atoms with Crippen LogP contribution in [0.5, 0.6) is 0 Å². The second-order valence-electron chi connectivity index (χ2n) is 8.85. The molecule has 0 saturated carbocycles. The maximum Gasteiger partial charge on any atom is 0.410 e. The summed E-state index contributed by atoms with van der Waals surface area (Å²) in [6, 6.07) is 18.1. The Labute approximate surface area is 207 Å². The number of nitrogens with zero attached hydrogens (tertiary/aromatic N) is 2. The molecule has 5 nitrogen and oxygen atoms in total. The van der Waals surface area contributed by atoms with Crippen LogP contribution in [0.1, 0.15) is 29.0 Å². The van der Waals surface area contributed by atoms with E-state index in [0.29, 0.717) is 36.4 Å². The van der Waals surface area contributed by atoms with Gasteiger partial charge in [-0.05, 0) is 40.3 Å². The molecular weight excluding hydrogens is 471 g/mol. The molecule has 2 atom stereocenters. The largest absolute Gasteiger partial charge is 0.448 e. The van der Waals surface area contributed by atoms with Crippen molar-refractivity contribution in [2.24, 2.45) is 0 Å². The van der Waals surface area contributed by atoms with Crippen molar-refractivity contribution < 1.29 is 14.3 Å². The summed E-state index contributed by atoms with van der Waals surface area (Å²) < 4.78 is 11.7. The van der Waals surface area contributed by atoms with Crippen LogP contribution in [0.2, 0.25) is 10.2 Å². The third-order valence-electron chi connectivity index (χ3n) is 6.91. The predicted molar refractivity (Wildman–Crippen MR) is 132 cm³/mol. The lowest BCUT2D eigenvalue weighted by Gasteiger charge is -2.44. The van der Waals surface area contributed by atoms with Gasteiger partial charge in [0.15, 0.2) is 0 Å². The van der Waals surface area contributed by atoms with Gasteiger partial charge in [0.2, 0.25) is 0 Å². The Hall–Kier alpha value is -2.86. The molecule has 2 bridgehead atoms. The van der Waals surface area contributed by atoms with E-state index in [9.17, 15) is 4.79 Å². The summed E-state index contributed by atoms with van der Waals surface area (Å²) in [6.45, 7) is 1.17. The van der Waals surface area contributed by atoms with Gasteiger partial charge in [-0.2, -0.15) is 0 Å². The zero-order valence-electron chi connectivity index (χ0n) is 18.3. The number of ether oxygens (including phenoxy) is 2. The number of aromatic nitrogens is 1. The van der Waals surface area contributed by atoms with Crippen LogP contribution in [-0.4, -0.2) is 47.9 Å². The van der Waals surface area contributed by atoms with Crippen molar-refractivity contribution in [2.75, 3.05) is 19.8 Å². The second-order valence-corrected chi connectivity index (χ2v) is 9.65. The molecule has 2 aliphatic heterocycles. The summed E-state index contributed by atoms with van der Waals surface area (Å²) >= 11 is 12.5. The minimum atomic E-state index is -0.311. The molecular formula is C27H22Cl2N2O3. The van der Waals surface area contributed by atoms with Crippen molar-refractivity contribution in [1.82, 2.24) is 9.88 Å². The maximum absolute atomic E-state index is 13.3. The molecule has 172 valence electrons. The molecule has 1 aliphatic carbocycles. The van der Waals surface area contributed by atoms with Gasteiger partial charge < -0.3 is 9.47 Å². The molecule has 2 aromatic carbocycles. The first-order valence-electron chi connectivity index (χ1n) is 11.3. The Morgan fingerprint density at radius 1 is 1.03 bits per heavy atom. The molecule has 1 saturated heterocycles. The summed E-state index contributed by atoms with van der Waals surface area (Å²) in [5.41, 5.74) is 6.72. The summed E-state index contributed by atoms with van der Waals surface area (Å²) in [5.74, 6) is 0.0288. The molecule has 3 aliphatic rings. The van der Waals surface area contributed by atoms with Gasteiger partial charge >= 0.3 is 6.09 Å². The molecule has 3 heterocycles. The van der Waals surface area contributed by atoms with Crippen LogP contribution in [0.3, 0.4) is 0 Å².